The highest BCUT2D eigenvalue weighted by Gasteiger charge is 2.18. The van der Waals surface area contributed by atoms with Crippen LogP contribution in [0.5, 0.6) is 0 Å². The molecule has 3 N–H and O–H groups in total. The fraction of sp³-hybridized carbons (Fsp3) is 0.892. The molecule has 0 aromatic rings. The summed E-state index contributed by atoms with van der Waals surface area (Å²) in [6, 6.07) is -0.632. The summed E-state index contributed by atoms with van der Waals surface area (Å²) < 4.78 is 5.49. The van der Waals surface area contributed by atoms with Crippen molar-refractivity contribution in [1.29, 1.82) is 0 Å². The lowest BCUT2D eigenvalue weighted by Crippen LogP contribution is -2.45. The summed E-state index contributed by atoms with van der Waals surface area (Å²) in [4.78, 5) is 24.6. The molecule has 2 atom stereocenters. The number of ether oxygens (including phenoxy) is 1. The van der Waals surface area contributed by atoms with Crippen molar-refractivity contribution in [3.05, 3.63) is 36.5 Å². The molecule has 0 bridgehead atoms. The zero-order valence-electron chi connectivity index (χ0n) is 54.1. The fourth-order valence-electron chi connectivity index (χ4n) is 11.4. The van der Waals surface area contributed by atoms with Gasteiger partial charge in [-0.25, -0.2) is 0 Å². The molecule has 472 valence electrons. The van der Waals surface area contributed by atoms with Crippen molar-refractivity contribution in [2.75, 3.05) is 13.2 Å². The smallest absolute Gasteiger partial charge is 0.305 e. The molecule has 0 spiro atoms. The van der Waals surface area contributed by atoms with E-state index in [1.54, 1.807) is 6.08 Å². The number of esters is 1. The van der Waals surface area contributed by atoms with E-state index in [4.69, 9.17) is 4.74 Å². The van der Waals surface area contributed by atoms with E-state index in [1.807, 2.05) is 6.08 Å². The molecule has 0 saturated carbocycles. The van der Waals surface area contributed by atoms with Gasteiger partial charge in [0.1, 0.15) is 0 Å². The average Bonchev–Trinajstić information content (AvgIpc) is 3.46. The van der Waals surface area contributed by atoms with Gasteiger partial charge >= 0.3 is 5.97 Å². The summed E-state index contributed by atoms with van der Waals surface area (Å²) in [6.07, 6.45) is 89.4. The van der Waals surface area contributed by atoms with E-state index in [0.29, 0.717) is 19.4 Å². The molecule has 0 heterocycles. The molecule has 1 amide bonds. The van der Waals surface area contributed by atoms with Crippen LogP contribution < -0.4 is 5.32 Å². The summed E-state index contributed by atoms with van der Waals surface area (Å²) in [6.45, 7) is 4.94. The number of aliphatic hydroxyl groups is 2. The number of nitrogens with one attached hydrogen (secondary N) is 1. The van der Waals surface area contributed by atoms with Crippen LogP contribution in [0.4, 0.5) is 0 Å². The number of hydrogen-bond acceptors (Lipinski definition) is 5. The van der Waals surface area contributed by atoms with Crippen molar-refractivity contribution >= 4 is 11.9 Å². The summed E-state index contributed by atoms with van der Waals surface area (Å²) in [7, 11) is 0. The van der Waals surface area contributed by atoms with Gasteiger partial charge in [0, 0.05) is 12.8 Å². The van der Waals surface area contributed by atoms with E-state index in [1.165, 1.54) is 327 Å². The second kappa shape index (κ2) is 69.6. The molecule has 0 aromatic heterocycles. The van der Waals surface area contributed by atoms with Crippen LogP contribution in [-0.2, 0) is 14.3 Å². The second-order valence-electron chi connectivity index (χ2n) is 24.9. The van der Waals surface area contributed by atoms with Crippen molar-refractivity contribution in [3.8, 4) is 0 Å². The molecule has 0 rings (SSSR count). The highest BCUT2D eigenvalue weighted by atomic mass is 16.5. The topological polar surface area (TPSA) is 95.9 Å². The Balaban J connectivity index is 3.44. The Labute approximate surface area is 500 Å². The minimum Gasteiger partial charge on any atom is -0.466 e. The summed E-state index contributed by atoms with van der Waals surface area (Å²) in [5.74, 6) is -0.0537. The first-order valence-corrected chi connectivity index (χ1v) is 36.3. The number of aliphatic hydroxyl groups excluding tert-OH is 2. The number of allylic oxidation sites excluding steroid dienone is 5. The predicted molar refractivity (Wildman–Crippen MR) is 352 cm³/mol. The molecule has 0 aromatic carbocycles. The molecule has 0 aliphatic carbocycles. The quantitative estimate of drug-likeness (QED) is 0.0320. The molecule has 0 aliphatic heterocycles. The molecule has 0 aliphatic rings. The van der Waals surface area contributed by atoms with Crippen LogP contribution in [0, 0.1) is 0 Å². The van der Waals surface area contributed by atoms with Gasteiger partial charge < -0.3 is 20.3 Å². The molecule has 6 heteroatoms. The maximum Gasteiger partial charge on any atom is 0.305 e. The number of carbonyl (C=O) groups is 2. The Bertz CT molecular complexity index is 1300. The van der Waals surface area contributed by atoms with Crippen LogP contribution in [0.15, 0.2) is 36.5 Å². The SMILES string of the molecule is CCCCCCCCCCCCCCCCCCCCC/C=C/C(O)C(CO)NC(=O)CCCCCCCCCCCCC/C=C\C/C=C\CCCCCCCCCCCOC(=O)CCCCCCCCCCCCCCCCC. The van der Waals surface area contributed by atoms with Gasteiger partial charge in [-0.3, -0.25) is 9.59 Å². The minimum absolute atomic E-state index is 0.0137. The van der Waals surface area contributed by atoms with Gasteiger partial charge in [0.25, 0.3) is 0 Å². The number of carbonyl (C=O) groups excluding carboxylic acids is 2. The zero-order valence-corrected chi connectivity index (χ0v) is 54.1. The van der Waals surface area contributed by atoms with Gasteiger partial charge in [0.15, 0.2) is 0 Å². The van der Waals surface area contributed by atoms with Crippen molar-refractivity contribution in [1.82, 2.24) is 5.32 Å². The zero-order chi connectivity index (χ0) is 57.8. The maximum atomic E-state index is 12.5. The third-order valence-electron chi connectivity index (χ3n) is 16.9. The molecule has 2 unspecified atom stereocenters. The molecule has 80 heavy (non-hydrogen) atoms. The fourth-order valence-corrected chi connectivity index (χ4v) is 11.4. The third kappa shape index (κ3) is 65.2. The molecule has 6 nitrogen and oxygen atoms in total. The number of hydrogen-bond donors (Lipinski definition) is 3. The van der Waals surface area contributed by atoms with E-state index < -0.39 is 12.1 Å². The lowest BCUT2D eigenvalue weighted by molar-refractivity contribution is -0.143. The first-order valence-electron chi connectivity index (χ1n) is 36.3. The molecule has 0 fully saturated rings. The first kappa shape index (κ1) is 78.1. The average molecular weight is 1120 g/mol. The third-order valence-corrected chi connectivity index (χ3v) is 16.9. The lowest BCUT2D eigenvalue weighted by atomic mass is 10.0. The van der Waals surface area contributed by atoms with E-state index >= 15 is 0 Å². The largest absolute Gasteiger partial charge is 0.466 e. The van der Waals surface area contributed by atoms with Crippen LogP contribution in [0.3, 0.4) is 0 Å². The van der Waals surface area contributed by atoms with Gasteiger partial charge in [0.05, 0.1) is 25.4 Å². The highest BCUT2D eigenvalue weighted by molar-refractivity contribution is 5.76. The summed E-state index contributed by atoms with van der Waals surface area (Å²) in [5, 5.41) is 23.3. The maximum absolute atomic E-state index is 12.5. The van der Waals surface area contributed by atoms with Crippen LogP contribution >= 0.6 is 0 Å². The van der Waals surface area contributed by atoms with Gasteiger partial charge in [-0.2, -0.15) is 0 Å². The van der Waals surface area contributed by atoms with Gasteiger partial charge in [0.2, 0.25) is 5.91 Å². The predicted octanol–water partition coefficient (Wildman–Crippen LogP) is 23.5. The minimum atomic E-state index is -0.848. The standard InChI is InChI=1S/C74H141NO5/c1-3-5-7-9-11-13-15-17-19-20-21-29-32-35-39-42-46-50-54-58-62-66-72(77)71(70-76)75-73(78)67-63-59-55-51-47-43-40-36-33-30-27-25-23-22-24-26-28-31-34-37-41-45-49-53-57-61-65-69-80-74(79)68-64-60-56-52-48-44-38-18-16-14-12-10-8-6-4-2/h22-23,26,28,62,66,71-72,76-77H,3-21,24-25,27,29-61,63-65,67-70H2,1-2H3,(H,75,78)/b23-22-,28-26-,66-62+. The Morgan fingerprint density at radius 1 is 0.350 bits per heavy atom. The van der Waals surface area contributed by atoms with Crippen molar-refractivity contribution in [3.63, 3.8) is 0 Å². The molecular formula is C74H141NO5. The monoisotopic (exact) mass is 1120 g/mol. The Morgan fingerprint density at radius 2 is 0.625 bits per heavy atom. The Kier molecular flexibility index (Phi) is 67.9. The second-order valence-corrected chi connectivity index (χ2v) is 24.9. The van der Waals surface area contributed by atoms with E-state index in [-0.39, 0.29) is 18.5 Å². The molecular weight excluding hydrogens is 983 g/mol. The van der Waals surface area contributed by atoms with Gasteiger partial charge in [-0.05, 0) is 64.2 Å². The van der Waals surface area contributed by atoms with Gasteiger partial charge in [-0.1, -0.05) is 359 Å². The van der Waals surface area contributed by atoms with E-state index in [0.717, 1.165) is 44.9 Å². The summed E-state index contributed by atoms with van der Waals surface area (Å²) in [5.41, 5.74) is 0. The van der Waals surface area contributed by atoms with Crippen LogP contribution in [-0.4, -0.2) is 47.4 Å². The number of amides is 1. The Hall–Kier alpha value is -1.92. The number of rotatable bonds is 68. The molecule has 0 radical (unpaired) electrons. The van der Waals surface area contributed by atoms with Crippen LogP contribution in [0.1, 0.15) is 399 Å². The summed E-state index contributed by atoms with van der Waals surface area (Å²) >= 11 is 0. The van der Waals surface area contributed by atoms with Crippen LogP contribution in [0.25, 0.3) is 0 Å². The lowest BCUT2D eigenvalue weighted by Gasteiger charge is -2.20. The normalized spacial score (nSPS) is 12.7. The van der Waals surface area contributed by atoms with Crippen molar-refractivity contribution in [2.24, 2.45) is 0 Å². The van der Waals surface area contributed by atoms with Crippen LogP contribution in [0.2, 0.25) is 0 Å². The van der Waals surface area contributed by atoms with Gasteiger partial charge in [-0.15, -0.1) is 0 Å². The number of unbranched alkanes of at least 4 members (excludes halogenated alkanes) is 53. The molecule has 0 saturated heterocycles. The Morgan fingerprint density at radius 3 is 0.950 bits per heavy atom. The van der Waals surface area contributed by atoms with E-state index in [2.05, 4.69) is 43.5 Å². The van der Waals surface area contributed by atoms with Crippen molar-refractivity contribution in [2.45, 2.75) is 411 Å². The highest BCUT2D eigenvalue weighted by Crippen LogP contribution is 2.19. The van der Waals surface area contributed by atoms with E-state index in [9.17, 15) is 19.8 Å². The van der Waals surface area contributed by atoms with Crippen molar-refractivity contribution < 1.29 is 24.5 Å². The first-order chi connectivity index (χ1) is 39.5.